The Bertz CT molecular complexity index is 484. The predicted molar refractivity (Wildman–Crippen MR) is 63.8 cm³/mol. The van der Waals surface area contributed by atoms with E-state index in [-0.39, 0.29) is 6.54 Å². The molecular weight excluding hydrogens is 254 g/mol. The number of hydrogen-bond donors (Lipinski definition) is 4. The zero-order chi connectivity index (χ0) is 14.4. The molecule has 0 saturated carbocycles. The highest BCUT2D eigenvalue weighted by atomic mass is 16.4. The van der Waals surface area contributed by atoms with Crippen LogP contribution in [0.4, 0.5) is 4.79 Å². The molecule has 0 saturated heterocycles. The first-order valence-electron chi connectivity index (χ1n) is 5.42. The minimum atomic E-state index is -1.35. The number of hydrogen-bond acceptors (Lipinski definition) is 4. The van der Waals surface area contributed by atoms with E-state index in [9.17, 15) is 14.4 Å². The normalized spacial score (nSPS) is 11.6. The second kappa shape index (κ2) is 6.38. The van der Waals surface area contributed by atoms with E-state index in [2.05, 4.69) is 15.6 Å². The van der Waals surface area contributed by atoms with Crippen molar-refractivity contribution in [3.63, 3.8) is 0 Å². The molecule has 0 aromatic carbocycles. The van der Waals surface area contributed by atoms with Gasteiger partial charge in [-0.3, -0.25) is 4.79 Å². The summed E-state index contributed by atoms with van der Waals surface area (Å²) in [6.07, 6.45) is 2.81. The number of nitrogens with two attached hydrogens (primary N) is 1. The summed E-state index contributed by atoms with van der Waals surface area (Å²) in [7, 11) is 1.76. The molecule has 0 aliphatic carbocycles. The number of aromatic nitrogens is 2. The van der Waals surface area contributed by atoms with Gasteiger partial charge in [0.1, 0.15) is 11.9 Å². The third kappa shape index (κ3) is 4.66. The summed E-state index contributed by atoms with van der Waals surface area (Å²) < 4.78 is 1.71. The molecule has 1 heterocycles. The van der Waals surface area contributed by atoms with Gasteiger partial charge in [0.05, 0.1) is 13.0 Å². The highest BCUT2D eigenvalue weighted by Crippen LogP contribution is 1.94. The maximum Gasteiger partial charge on any atom is 0.326 e. The van der Waals surface area contributed by atoms with Crippen LogP contribution in [0.5, 0.6) is 0 Å². The summed E-state index contributed by atoms with van der Waals surface area (Å²) in [4.78, 5) is 36.9. The van der Waals surface area contributed by atoms with Crippen molar-refractivity contribution in [2.75, 3.05) is 0 Å². The van der Waals surface area contributed by atoms with Crippen LogP contribution in [0.15, 0.2) is 12.4 Å². The van der Waals surface area contributed by atoms with Crippen molar-refractivity contribution in [1.29, 1.82) is 0 Å². The first-order chi connectivity index (χ1) is 8.90. The van der Waals surface area contributed by atoms with Crippen molar-refractivity contribution in [1.82, 2.24) is 20.2 Å². The highest BCUT2D eigenvalue weighted by Gasteiger charge is 2.21. The molecule has 5 N–H and O–H groups in total. The molecule has 19 heavy (non-hydrogen) atoms. The van der Waals surface area contributed by atoms with Crippen molar-refractivity contribution < 1.29 is 19.5 Å². The molecule has 0 aliphatic heterocycles. The van der Waals surface area contributed by atoms with Gasteiger partial charge >= 0.3 is 12.0 Å². The summed E-state index contributed by atoms with van der Waals surface area (Å²) in [6.45, 7) is 0.137. The standard InChI is InChI=1S/C10H15N5O4/c1-15-3-2-12-8(15)5-13-10(19)14-6(9(17)18)4-7(11)16/h2-3,6H,4-5H2,1H3,(H2,11,16)(H,17,18)(H2,13,14,19). The average molecular weight is 269 g/mol. The number of nitrogens with zero attached hydrogens (tertiary/aromatic N) is 2. The number of aliphatic carboxylic acids is 1. The van der Waals surface area contributed by atoms with Crippen LogP contribution in [0.3, 0.4) is 0 Å². The lowest BCUT2D eigenvalue weighted by atomic mass is 10.2. The third-order valence-corrected chi connectivity index (χ3v) is 2.34. The van der Waals surface area contributed by atoms with Crippen molar-refractivity contribution >= 4 is 17.9 Å². The van der Waals surface area contributed by atoms with E-state index in [0.717, 1.165) is 0 Å². The van der Waals surface area contributed by atoms with Crippen LogP contribution in [0.25, 0.3) is 0 Å². The van der Waals surface area contributed by atoms with Crippen molar-refractivity contribution in [2.45, 2.75) is 19.0 Å². The third-order valence-electron chi connectivity index (χ3n) is 2.34. The number of carboxylic acids is 1. The second-order valence-electron chi connectivity index (χ2n) is 3.84. The van der Waals surface area contributed by atoms with Gasteiger partial charge in [-0.1, -0.05) is 0 Å². The van der Waals surface area contributed by atoms with Gasteiger partial charge in [-0.05, 0) is 0 Å². The fourth-order valence-electron chi connectivity index (χ4n) is 1.34. The van der Waals surface area contributed by atoms with E-state index < -0.39 is 30.4 Å². The number of primary amides is 1. The molecule has 104 valence electrons. The van der Waals surface area contributed by atoms with Crippen LogP contribution >= 0.6 is 0 Å². The van der Waals surface area contributed by atoms with E-state index >= 15 is 0 Å². The number of amides is 3. The first kappa shape index (κ1) is 14.5. The molecule has 1 rings (SSSR count). The molecule has 9 nitrogen and oxygen atoms in total. The molecule has 1 unspecified atom stereocenters. The lowest BCUT2D eigenvalue weighted by Gasteiger charge is -2.13. The van der Waals surface area contributed by atoms with Crippen LogP contribution in [-0.4, -0.2) is 38.6 Å². The van der Waals surface area contributed by atoms with Gasteiger partial charge in [0, 0.05) is 19.4 Å². The quantitative estimate of drug-likeness (QED) is 0.500. The van der Waals surface area contributed by atoms with Crippen molar-refractivity contribution in [3.05, 3.63) is 18.2 Å². The van der Waals surface area contributed by atoms with Crippen LogP contribution in [0.1, 0.15) is 12.2 Å². The summed E-state index contributed by atoms with van der Waals surface area (Å²) in [5.41, 5.74) is 4.89. The Labute approximate surface area is 108 Å². The smallest absolute Gasteiger partial charge is 0.326 e. The van der Waals surface area contributed by atoms with Crippen LogP contribution in [0.2, 0.25) is 0 Å². The molecule has 0 fully saturated rings. The van der Waals surface area contributed by atoms with Crippen LogP contribution < -0.4 is 16.4 Å². The van der Waals surface area contributed by atoms with Gasteiger partial charge in [-0.15, -0.1) is 0 Å². The Balaban J connectivity index is 2.47. The molecule has 1 aromatic rings. The number of rotatable bonds is 6. The molecule has 0 aliphatic rings. The van der Waals surface area contributed by atoms with Crippen LogP contribution in [0, 0.1) is 0 Å². The minimum Gasteiger partial charge on any atom is -0.480 e. The molecule has 1 aromatic heterocycles. The molecule has 0 radical (unpaired) electrons. The summed E-state index contributed by atoms with van der Waals surface area (Å²) in [6, 6.07) is -2.06. The summed E-state index contributed by atoms with van der Waals surface area (Å²) in [5.74, 6) is -1.53. The molecule has 9 heteroatoms. The fraction of sp³-hybridized carbons (Fsp3) is 0.400. The van der Waals surface area contributed by atoms with Crippen molar-refractivity contribution in [3.8, 4) is 0 Å². The van der Waals surface area contributed by atoms with Crippen molar-refractivity contribution in [2.24, 2.45) is 12.8 Å². The van der Waals surface area contributed by atoms with Gasteiger partial charge in [0.15, 0.2) is 0 Å². The molecular formula is C10H15N5O4. The van der Waals surface area contributed by atoms with E-state index in [0.29, 0.717) is 5.82 Å². The lowest BCUT2D eigenvalue weighted by molar-refractivity contribution is -0.140. The van der Waals surface area contributed by atoms with E-state index in [4.69, 9.17) is 10.8 Å². The van der Waals surface area contributed by atoms with E-state index in [1.807, 2.05) is 0 Å². The number of imidazole rings is 1. The highest BCUT2D eigenvalue weighted by molar-refractivity contribution is 5.87. The number of aryl methyl sites for hydroxylation is 1. The number of urea groups is 1. The van der Waals surface area contributed by atoms with Gasteiger partial charge in [0.2, 0.25) is 5.91 Å². The zero-order valence-electron chi connectivity index (χ0n) is 10.3. The Hall–Kier alpha value is -2.58. The molecule has 1 atom stereocenters. The van der Waals surface area contributed by atoms with E-state index in [1.54, 1.807) is 24.0 Å². The lowest BCUT2D eigenvalue weighted by Crippen LogP contribution is -2.47. The van der Waals surface area contributed by atoms with Gasteiger partial charge in [-0.25, -0.2) is 14.6 Å². The topological polar surface area (TPSA) is 139 Å². The average Bonchev–Trinajstić information content (AvgIpc) is 2.70. The fourth-order valence-corrected chi connectivity index (χ4v) is 1.34. The van der Waals surface area contributed by atoms with Crippen LogP contribution in [-0.2, 0) is 23.2 Å². The largest absolute Gasteiger partial charge is 0.480 e. The summed E-state index contributed by atoms with van der Waals surface area (Å²) >= 11 is 0. The SMILES string of the molecule is Cn1ccnc1CNC(=O)NC(CC(N)=O)C(=O)O. The number of carboxylic acid groups (broad SMARTS) is 1. The Morgan fingerprint density at radius 3 is 2.68 bits per heavy atom. The molecule has 3 amide bonds. The number of carbonyl (C=O) groups excluding carboxylic acids is 2. The van der Waals surface area contributed by atoms with Gasteiger partial charge in [0.25, 0.3) is 0 Å². The first-order valence-corrected chi connectivity index (χ1v) is 5.42. The monoisotopic (exact) mass is 269 g/mol. The molecule has 0 spiro atoms. The minimum absolute atomic E-state index is 0.137. The van der Waals surface area contributed by atoms with Gasteiger partial charge in [-0.2, -0.15) is 0 Å². The second-order valence-corrected chi connectivity index (χ2v) is 3.84. The summed E-state index contributed by atoms with van der Waals surface area (Å²) in [5, 5.41) is 13.4. The Morgan fingerprint density at radius 1 is 1.53 bits per heavy atom. The van der Waals surface area contributed by atoms with E-state index in [1.165, 1.54) is 0 Å². The number of carbonyl (C=O) groups is 3. The predicted octanol–water partition coefficient (Wildman–Crippen LogP) is -1.45. The molecule has 0 bridgehead atoms. The Kier molecular flexibility index (Phi) is 4.86. The maximum absolute atomic E-state index is 11.5. The van der Waals surface area contributed by atoms with Gasteiger partial charge < -0.3 is 26.0 Å². The zero-order valence-corrected chi connectivity index (χ0v) is 10.3. The Morgan fingerprint density at radius 2 is 2.21 bits per heavy atom. The maximum atomic E-state index is 11.5. The number of nitrogens with one attached hydrogen (secondary N) is 2.